The maximum atomic E-state index is 13.6. The van der Waals surface area contributed by atoms with Gasteiger partial charge in [-0.25, -0.2) is 4.57 Å². The van der Waals surface area contributed by atoms with E-state index in [-0.39, 0.29) is 0 Å². The van der Waals surface area contributed by atoms with Crippen LogP contribution in [0, 0.1) is 6.92 Å². The number of aryl methyl sites for hydroxylation is 2. The van der Waals surface area contributed by atoms with Gasteiger partial charge in [-0.05, 0) is 23.7 Å². The van der Waals surface area contributed by atoms with Crippen molar-refractivity contribution in [3.05, 3.63) is 41.6 Å². The monoisotopic (exact) mass is 396 g/mol. The van der Waals surface area contributed by atoms with Crippen molar-refractivity contribution in [3.63, 3.8) is 0 Å². The number of alkyl halides is 3. The minimum atomic E-state index is -4.33. The fourth-order valence-corrected chi connectivity index (χ4v) is 6.00. The molecular formula is C20H29F3NSi2+. The normalized spacial score (nSPS) is 13.2. The van der Waals surface area contributed by atoms with Crippen LogP contribution in [0.3, 0.4) is 0 Å². The summed E-state index contributed by atoms with van der Waals surface area (Å²) in [5, 5.41) is 1.82. The van der Waals surface area contributed by atoms with Gasteiger partial charge in [-0.15, -0.1) is 0 Å². The van der Waals surface area contributed by atoms with Crippen LogP contribution in [-0.4, -0.2) is 16.1 Å². The molecule has 0 bridgehead atoms. The number of rotatable bonds is 3. The number of hydrogen-bond acceptors (Lipinski definition) is 0. The molecule has 0 amide bonds. The Balaban J connectivity index is 2.72. The van der Waals surface area contributed by atoms with Crippen LogP contribution in [0.1, 0.15) is 11.1 Å². The third-order valence-corrected chi connectivity index (χ3v) is 8.83. The minimum absolute atomic E-state index is 0.465. The van der Waals surface area contributed by atoms with Crippen molar-refractivity contribution in [3.8, 4) is 11.3 Å². The van der Waals surface area contributed by atoms with Gasteiger partial charge >= 0.3 is 6.18 Å². The summed E-state index contributed by atoms with van der Waals surface area (Å²) < 4.78 is 42.3. The van der Waals surface area contributed by atoms with Crippen LogP contribution in [0.5, 0.6) is 0 Å². The minimum Gasteiger partial charge on any atom is -0.200 e. The van der Waals surface area contributed by atoms with Crippen LogP contribution in [-0.2, 0) is 13.2 Å². The first-order valence-electron chi connectivity index (χ1n) is 8.85. The summed E-state index contributed by atoms with van der Waals surface area (Å²) in [6.45, 7) is 14.8. The molecule has 0 unspecified atom stereocenters. The number of pyridine rings is 1. The maximum Gasteiger partial charge on any atom is 0.422 e. The molecule has 6 heteroatoms. The first-order valence-corrected chi connectivity index (χ1v) is 15.9. The molecule has 1 aromatic heterocycles. The van der Waals surface area contributed by atoms with E-state index in [1.807, 2.05) is 26.6 Å². The third-order valence-electron chi connectivity index (χ3n) is 4.76. The van der Waals surface area contributed by atoms with Gasteiger partial charge < -0.3 is 0 Å². The topological polar surface area (TPSA) is 3.88 Å². The fraction of sp³-hybridized carbons (Fsp3) is 0.450. The number of hydrogen-bond donors (Lipinski definition) is 0. The predicted octanol–water partition coefficient (Wildman–Crippen LogP) is 4.60. The van der Waals surface area contributed by atoms with Gasteiger partial charge in [0.1, 0.15) is 12.6 Å². The lowest BCUT2D eigenvalue weighted by molar-refractivity contribution is -0.661. The van der Waals surface area contributed by atoms with Crippen molar-refractivity contribution in [1.82, 2.24) is 0 Å². The first-order chi connectivity index (χ1) is 11.6. The highest BCUT2D eigenvalue weighted by Crippen LogP contribution is 2.30. The lowest BCUT2D eigenvalue weighted by Gasteiger charge is -2.22. The van der Waals surface area contributed by atoms with Gasteiger partial charge in [-0.2, -0.15) is 13.2 Å². The molecule has 0 atom stereocenters. The lowest BCUT2D eigenvalue weighted by Crippen LogP contribution is -2.47. The Bertz CT molecular complexity index is 829. The second-order valence-corrected chi connectivity index (χ2v) is 19.2. The summed E-state index contributed by atoms with van der Waals surface area (Å²) >= 11 is 0. The standard InChI is InChI=1S/C20H29F3NSi2/c1-14-11-15(25(3,4)5)9-10-16(14)18-12-19(26(6,7)8)17(13-24(18)2)20(21,22)23/h9-13H,1-8H3/q+1. The molecule has 0 saturated carbocycles. The fourth-order valence-electron chi connectivity index (χ4n) is 3.18. The molecule has 1 heterocycles. The van der Waals surface area contributed by atoms with Crippen LogP contribution < -0.4 is 14.9 Å². The van der Waals surface area contributed by atoms with Crippen LogP contribution in [0.4, 0.5) is 13.2 Å². The zero-order valence-corrected chi connectivity index (χ0v) is 19.0. The smallest absolute Gasteiger partial charge is 0.200 e. The van der Waals surface area contributed by atoms with Gasteiger partial charge in [-0.1, -0.05) is 56.6 Å². The van der Waals surface area contributed by atoms with E-state index in [0.717, 1.165) is 16.8 Å². The van der Waals surface area contributed by atoms with Crippen LogP contribution in [0.2, 0.25) is 39.3 Å². The molecule has 0 aliphatic rings. The summed E-state index contributed by atoms with van der Waals surface area (Å²) in [7, 11) is -1.89. The number of aromatic nitrogens is 1. The van der Waals surface area contributed by atoms with E-state index in [1.54, 1.807) is 17.7 Å². The number of halogens is 3. The van der Waals surface area contributed by atoms with Crippen LogP contribution in [0.15, 0.2) is 30.5 Å². The third kappa shape index (κ3) is 4.28. The van der Waals surface area contributed by atoms with E-state index < -0.39 is 27.9 Å². The van der Waals surface area contributed by atoms with Crippen molar-refractivity contribution in [2.45, 2.75) is 52.4 Å². The summed E-state index contributed by atoms with van der Waals surface area (Å²) in [5.74, 6) is 0. The second-order valence-electron chi connectivity index (χ2n) is 9.12. The molecule has 26 heavy (non-hydrogen) atoms. The van der Waals surface area contributed by atoms with Gasteiger partial charge in [0, 0.05) is 11.6 Å². The second kappa shape index (κ2) is 6.64. The first kappa shape index (κ1) is 20.9. The van der Waals surface area contributed by atoms with E-state index in [1.165, 1.54) is 11.4 Å². The van der Waals surface area contributed by atoms with Gasteiger partial charge in [0.2, 0.25) is 5.69 Å². The SMILES string of the molecule is Cc1cc([Si](C)(C)C)ccc1-c1cc([Si](C)(C)C)c(C(F)(F)F)c[n+]1C. The molecule has 2 aromatic rings. The Morgan fingerprint density at radius 1 is 0.885 bits per heavy atom. The van der Waals surface area contributed by atoms with Gasteiger partial charge in [0.05, 0.1) is 16.1 Å². The quantitative estimate of drug-likeness (QED) is 0.527. The Labute approximate surface area is 156 Å². The number of nitrogens with zero attached hydrogens (tertiary/aromatic N) is 1. The van der Waals surface area contributed by atoms with Gasteiger partial charge in [0.25, 0.3) is 0 Å². The molecule has 142 valence electrons. The zero-order valence-electron chi connectivity index (χ0n) is 17.0. The Morgan fingerprint density at radius 3 is 1.88 bits per heavy atom. The van der Waals surface area contributed by atoms with Crippen molar-refractivity contribution >= 4 is 26.5 Å². The van der Waals surface area contributed by atoms with Crippen LogP contribution in [0.25, 0.3) is 11.3 Å². The van der Waals surface area contributed by atoms with Crippen molar-refractivity contribution in [2.75, 3.05) is 0 Å². The Kier molecular flexibility index (Phi) is 5.34. The summed E-state index contributed by atoms with van der Waals surface area (Å²) in [6.07, 6.45) is -3.07. The molecule has 0 radical (unpaired) electrons. The molecule has 0 fully saturated rings. The zero-order chi connectivity index (χ0) is 20.1. The van der Waals surface area contributed by atoms with Crippen molar-refractivity contribution in [1.29, 1.82) is 0 Å². The Morgan fingerprint density at radius 2 is 1.46 bits per heavy atom. The van der Waals surface area contributed by atoms with E-state index >= 15 is 0 Å². The summed E-state index contributed by atoms with van der Waals surface area (Å²) in [4.78, 5) is 0. The average Bonchev–Trinajstić information content (AvgIpc) is 2.44. The molecule has 0 aliphatic carbocycles. The Hall–Kier alpha value is -1.41. The van der Waals surface area contributed by atoms with Crippen LogP contribution >= 0.6 is 0 Å². The molecule has 1 aromatic carbocycles. The van der Waals surface area contributed by atoms with E-state index in [9.17, 15) is 13.2 Å². The van der Waals surface area contributed by atoms with Crippen molar-refractivity contribution < 1.29 is 17.7 Å². The van der Waals surface area contributed by atoms with Gasteiger partial charge in [-0.3, -0.25) is 0 Å². The molecule has 1 nitrogen and oxygen atoms in total. The van der Waals surface area contributed by atoms with Crippen molar-refractivity contribution in [2.24, 2.45) is 7.05 Å². The maximum absolute atomic E-state index is 13.6. The predicted molar refractivity (Wildman–Crippen MR) is 109 cm³/mol. The van der Waals surface area contributed by atoms with E-state index in [0.29, 0.717) is 5.19 Å². The highest BCUT2D eigenvalue weighted by molar-refractivity contribution is 6.89. The molecule has 0 spiro atoms. The highest BCUT2D eigenvalue weighted by atomic mass is 28.3. The molecule has 0 aliphatic heterocycles. The van der Waals surface area contributed by atoms with E-state index in [4.69, 9.17) is 0 Å². The summed E-state index contributed by atoms with van der Waals surface area (Å²) in [5.41, 5.74) is 2.46. The average molecular weight is 397 g/mol. The molecule has 0 saturated heterocycles. The molecule has 2 rings (SSSR count). The lowest BCUT2D eigenvalue weighted by atomic mass is 10.0. The number of benzene rings is 1. The largest absolute Gasteiger partial charge is 0.422 e. The molecular weight excluding hydrogens is 367 g/mol. The molecule has 0 N–H and O–H groups in total. The summed E-state index contributed by atoms with van der Waals surface area (Å²) in [6, 6.07) is 8.18. The van der Waals surface area contributed by atoms with Gasteiger partial charge in [0.15, 0.2) is 6.20 Å². The van der Waals surface area contributed by atoms with E-state index in [2.05, 4.69) is 37.8 Å². The highest BCUT2D eigenvalue weighted by Gasteiger charge is 2.40.